The Hall–Kier alpha value is -2.06. The Morgan fingerprint density at radius 2 is 1.86 bits per heavy atom. The van der Waals surface area contributed by atoms with Crippen molar-refractivity contribution < 1.29 is 22.5 Å². The van der Waals surface area contributed by atoms with E-state index in [1.807, 2.05) is 17.0 Å². The summed E-state index contributed by atoms with van der Waals surface area (Å²) in [7, 11) is 0. The lowest BCUT2D eigenvalue weighted by molar-refractivity contribution is -0.898. The zero-order chi connectivity index (χ0) is 20.7. The molecule has 1 aromatic carbocycles. The molecule has 0 spiro atoms. The van der Waals surface area contributed by atoms with E-state index in [1.54, 1.807) is 17.2 Å². The van der Waals surface area contributed by atoms with Gasteiger partial charge in [0.1, 0.15) is 5.76 Å². The SMILES string of the molecule is FC(F)(F)c1cccc(NC(=S)N(CC[NH+]2CCCCCC2)Cc2ccco2)c1. The third-order valence-corrected chi connectivity index (χ3v) is 5.56. The van der Waals surface area contributed by atoms with E-state index in [1.165, 1.54) is 31.7 Å². The fourth-order valence-electron chi connectivity index (χ4n) is 3.59. The smallest absolute Gasteiger partial charge is 0.416 e. The van der Waals surface area contributed by atoms with Crippen molar-refractivity contribution >= 4 is 23.0 Å². The average Bonchev–Trinajstić information content (AvgIpc) is 3.06. The molecule has 2 N–H and O–H groups in total. The Balaban J connectivity index is 1.66. The van der Waals surface area contributed by atoms with E-state index in [2.05, 4.69) is 5.32 Å². The number of nitrogens with one attached hydrogen (secondary N) is 2. The van der Waals surface area contributed by atoms with Gasteiger partial charge in [-0.05, 0) is 68.2 Å². The molecule has 1 saturated heterocycles. The van der Waals surface area contributed by atoms with Crippen molar-refractivity contribution in [3.63, 3.8) is 0 Å². The summed E-state index contributed by atoms with van der Waals surface area (Å²) in [6.45, 7) is 4.43. The number of rotatable bonds is 6. The van der Waals surface area contributed by atoms with Crippen LogP contribution >= 0.6 is 12.2 Å². The summed E-state index contributed by atoms with van der Waals surface area (Å²) >= 11 is 5.54. The molecule has 8 heteroatoms. The number of hydrogen-bond donors (Lipinski definition) is 2. The lowest BCUT2D eigenvalue weighted by atomic mass is 10.2. The molecule has 0 amide bonds. The fraction of sp³-hybridized carbons (Fsp3) is 0.476. The van der Waals surface area contributed by atoms with Crippen molar-refractivity contribution in [2.24, 2.45) is 0 Å². The predicted octanol–water partition coefficient (Wildman–Crippen LogP) is 3.96. The largest absolute Gasteiger partial charge is 0.467 e. The summed E-state index contributed by atoms with van der Waals surface area (Å²) in [5.41, 5.74) is -0.367. The van der Waals surface area contributed by atoms with Crippen LogP contribution in [0.15, 0.2) is 47.1 Å². The first-order chi connectivity index (χ1) is 13.9. The second-order valence-electron chi connectivity index (χ2n) is 7.42. The Bertz CT molecular complexity index is 772. The Kier molecular flexibility index (Phi) is 7.55. The van der Waals surface area contributed by atoms with Crippen LogP contribution in [0.1, 0.15) is 37.0 Å². The third-order valence-electron chi connectivity index (χ3n) is 5.20. The van der Waals surface area contributed by atoms with E-state index < -0.39 is 11.7 Å². The molecule has 0 aliphatic carbocycles. The molecule has 1 aliphatic rings. The number of nitrogens with zero attached hydrogens (tertiary/aromatic N) is 1. The lowest BCUT2D eigenvalue weighted by Crippen LogP contribution is -3.12. The molecule has 0 atom stereocenters. The first kappa shape index (κ1) is 21.6. The maximum Gasteiger partial charge on any atom is 0.416 e. The van der Waals surface area contributed by atoms with E-state index in [4.69, 9.17) is 16.6 Å². The normalized spacial score (nSPS) is 15.7. The minimum Gasteiger partial charge on any atom is -0.467 e. The lowest BCUT2D eigenvalue weighted by Gasteiger charge is -2.27. The summed E-state index contributed by atoms with van der Waals surface area (Å²) in [5, 5.41) is 3.37. The van der Waals surface area contributed by atoms with Crippen molar-refractivity contribution in [1.29, 1.82) is 0 Å². The summed E-state index contributed by atoms with van der Waals surface area (Å²) in [4.78, 5) is 3.51. The van der Waals surface area contributed by atoms with Gasteiger partial charge in [-0.2, -0.15) is 13.2 Å². The number of likely N-dealkylation sites (tertiary alicyclic amines) is 1. The summed E-state index contributed by atoms with van der Waals surface area (Å²) in [6.07, 6.45) is 2.27. The molecule has 29 heavy (non-hydrogen) atoms. The number of halogens is 3. The van der Waals surface area contributed by atoms with Crippen LogP contribution in [0.4, 0.5) is 18.9 Å². The molecule has 1 aromatic heterocycles. The monoisotopic (exact) mass is 426 g/mol. The molecular formula is C21H27F3N3OS+. The van der Waals surface area contributed by atoms with Gasteiger partial charge in [-0.1, -0.05) is 6.07 Å². The van der Waals surface area contributed by atoms with Gasteiger partial charge < -0.3 is 19.5 Å². The van der Waals surface area contributed by atoms with Crippen LogP contribution in [-0.2, 0) is 12.7 Å². The summed E-state index contributed by atoms with van der Waals surface area (Å²) in [5.74, 6) is 0.768. The molecule has 0 saturated carbocycles. The predicted molar refractivity (Wildman–Crippen MR) is 111 cm³/mol. The maximum atomic E-state index is 13.0. The van der Waals surface area contributed by atoms with Crippen LogP contribution in [0.2, 0.25) is 0 Å². The molecule has 1 aliphatic heterocycles. The van der Waals surface area contributed by atoms with Crippen molar-refractivity contribution in [3.05, 3.63) is 54.0 Å². The highest BCUT2D eigenvalue weighted by Crippen LogP contribution is 2.30. The highest BCUT2D eigenvalue weighted by Gasteiger charge is 2.30. The molecule has 3 rings (SSSR count). The van der Waals surface area contributed by atoms with Crippen LogP contribution in [0.25, 0.3) is 0 Å². The van der Waals surface area contributed by atoms with Gasteiger partial charge in [0.2, 0.25) is 0 Å². The van der Waals surface area contributed by atoms with Gasteiger partial charge in [0.25, 0.3) is 0 Å². The first-order valence-electron chi connectivity index (χ1n) is 10.0. The molecular weight excluding hydrogens is 399 g/mol. The third kappa shape index (κ3) is 6.75. The number of furan rings is 1. The molecule has 2 heterocycles. The summed E-state index contributed by atoms with van der Waals surface area (Å²) < 4.78 is 44.4. The zero-order valence-corrected chi connectivity index (χ0v) is 17.1. The minimum absolute atomic E-state index is 0.330. The van der Waals surface area contributed by atoms with Gasteiger partial charge >= 0.3 is 6.18 Å². The molecule has 0 unspecified atom stereocenters. The quantitative estimate of drug-likeness (QED) is 0.685. The van der Waals surface area contributed by atoms with Gasteiger partial charge in [-0.15, -0.1) is 0 Å². The van der Waals surface area contributed by atoms with Gasteiger partial charge in [-0.25, -0.2) is 0 Å². The summed E-state index contributed by atoms with van der Waals surface area (Å²) in [6, 6.07) is 8.79. The van der Waals surface area contributed by atoms with Crippen LogP contribution in [-0.4, -0.2) is 36.2 Å². The van der Waals surface area contributed by atoms with Crippen LogP contribution in [0, 0.1) is 0 Å². The Morgan fingerprint density at radius 3 is 2.52 bits per heavy atom. The Morgan fingerprint density at radius 1 is 1.10 bits per heavy atom. The Labute approximate surface area is 174 Å². The molecule has 2 aromatic rings. The number of thiocarbonyl (C=S) groups is 1. The van der Waals surface area contributed by atoms with E-state index in [-0.39, 0.29) is 0 Å². The number of quaternary nitrogens is 1. The first-order valence-corrected chi connectivity index (χ1v) is 10.4. The second-order valence-corrected chi connectivity index (χ2v) is 7.81. The van der Waals surface area contributed by atoms with E-state index >= 15 is 0 Å². The molecule has 158 valence electrons. The number of alkyl halides is 3. The highest BCUT2D eigenvalue weighted by molar-refractivity contribution is 7.80. The second kappa shape index (κ2) is 10.1. The van der Waals surface area contributed by atoms with Crippen LogP contribution in [0.5, 0.6) is 0 Å². The number of anilines is 1. The van der Waals surface area contributed by atoms with E-state index in [9.17, 15) is 13.2 Å². The van der Waals surface area contributed by atoms with E-state index in [0.717, 1.165) is 37.5 Å². The molecule has 1 fully saturated rings. The van der Waals surface area contributed by atoms with Crippen molar-refractivity contribution in [1.82, 2.24) is 4.90 Å². The van der Waals surface area contributed by atoms with Crippen LogP contribution in [0.3, 0.4) is 0 Å². The standard InChI is InChI=1S/C21H26F3N3OS/c22-21(23,24)17-7-5-8-18(15-17)25-20(29)27(16-19-9-6-14-28-19)13-12-26-10-3-1-2-4-11-26/h5-9,14-15H,1-4,10-13,16H2,(H,25,29)/p+1. The van der Waals surface area contributed by atoms with E-state index in [0.29, 0.717) is 23.9 Å². The average molecular weight is 427 g/mol. The topological polar surface area (TPSA) is 32.9 Å². The van der Waals surface area contributed by atoms with Gasteiger partial charge in [0, 0.05) is 5.69 Å². The van der Waals surface area contributed by atoms with Crippen molar-refractivity contribution in [3.8, 4) is 0 Å². The zero-order valence-electron chi connectivity index (χ0n) is 16.3. The number of benzene rings is 1. The van der Waals surface area contributed by atoms with Crippen molar-refractivity contribution in [2.75, 3.05) is 31.5 Å². The molecule has 4 nitrogen and oxygen atoms in total. The highest BCUT2D eigenvalue weighted by atomic mass is 32.1. The molecule has 0 radical (unpaired) electrons. The molecule has 0 bridgehead atoms. The fourth-order valence-corrected chi connectivity index (χ4v) is 3.86. The van der Waals surface area contributed by atoms with Gasteiger partial charge in [0.15, 0.2) is 5.11 Å². The van der Waals surface area contributed by atoms with Crippen LogP contribution < -0.4 is 10.2 Å². The van der Waals surface area contributed by atoms with Gasteiger partial charge in [0.05, 0.1) is 44.6 Å². The van der Waals surface area contributed by atoms with Gasteiger partial charge in [-0.3, -0.25) is 0 Å². The minimum atomic E-state index is -4.39. The maximum absolute atomic E-state index is 13.0. The number of hydrogen-bond acceptors (Lipinski definition) is 2. The van der Waals surface area contributed by atoms with Crippen molar-refractivity contribution in [2.45, 2.75) is 38.4 Å².